The molecular weight excluding hydrogens is 700 g/mol. The molecule has 52 heavy (non-hydrogen) atoms. The Hall–Kier alpha value is -4.83. The first-order valence-corrected chi connectivity index (χ1v) is 16.1. The third-order valence-electron chi connectivity index (χ3n) is 7.70. The van der Waals surface area contributed by atoms with Gasteiger partial charge in [-0.2, -0.15) is 26.3 Å². The van der Waals surface area contributed by atoms with Crippen molar-refractivity contribution in [2.45, 2.75) is 76.2 Å². The number of benzene rings is 3. The van der Waals surface area contributed by atoms with Crippen molar-refractivity contribution in [1.82, 2.24) is 10.9 Å². The van der Waals surface area contributed by atoms with Crippen molar-refractivity contribution in [3.63, 3.8) is 0 Å². The fraction of sp³-hybridized carbons (Fsp3) is 0.417. The van der Waals surface area contributed by atoms with Crippen LogP contribution in [0.25, 0.3) is 0 Å². The molecule has 1 aliphatic heterocycles. The van der Waals surface area contributed by atoms with Crippen molar-refractivity contribution < 1.29 is 60.0 Å². The quantitative estimate of drug-likeness (QED) is 0.0723. The van der Waals surface area contributed by atoms with Gasteiger partial charge in [-0.15, -0.1) is 0 Å². The van der Waals surface area contributed by atoms with Crippen LogP contribution < -0.4 is 20.3 Å². The highest BCUT2D eigenvalue weighted by Gasteiger charge is 2.53. The molecule has 0 aromatic heterocycles. The zero-order chi connectivity index (χ0) is 38.3. The van der Waals surface area contributed by atoms with Crippen LogP contribution in [0, 0.1) is 0 Å². The van der Waals surface area contributed by atoms with E-state index in [2.05, 4.69) is 10.9 Å². The number of hydrazine groups is 1. The van der Waals surface area contributed by atoms with E-state index in [1.165, 1.54) is 7.11 Å². The SMILES string of the molecule is COc1cccc([C@@H]2OC(c3ccc(OCCCO)cc3)=N[C@]2(CCC(=O)OC(C)(C)C)C(=O)NNCc2cc(C(F)(F)F)cc(C(F)(F)F)c2)c1. The number of ether oxygens (including phenoxy) is 4. The van der Waals surface area contributed by atoms with Gasteiger partial charge in [0.1, 0.15) is 17.1 Å². The Bertz CT molecular complexity index is 1710. The van der Waals surface area contributed by atoms with E-state index in [0.29, 0.717) is 41.2 Å². The molecule has 0 bridgehead atoms. The van der Waals surface area contributed by atoms with E-state index in [0.717, 1.165) is 0 Å². The lowest BCUT2D eigenvalue weighted by Crippen LogP contribution is -2.52. The molecule has 0 saturated carbocycles. The number of aliphatic imine (C=N–C) groups is 1. The Kier molecular flexibility index (Phi) is 12.5. The average Bonchev–Trinajstić information content (AvgIpc) is 3.47. The van der Waals surface area contributed by atoms with Crippen LogP contribution in [-0.2, 0) is 38.0 Å². The third-order valence-corrected chi connectivity index (χ3v) is 7.70. The van der Waals surface area contributed by atoms with Crippen LogP contribution in [0.3, 0.4) is 0 Å². The van der Waals surface area contributed by atoms with Gasteiger partial charge in [0, 0.05) is 31.6 Å². The molecule has 1 aliphatic rings. The molecule has 0 radical (unpaired) electrons. The largest absolute Gasteiger partial charge is 0.497 e. The zero-order valence-electron chi connectivity index (χ0n) is 28.8. The first-order valence-electron chi connectivity index (χ1n) is 16.1. The van der Waals surface area contributed by atoms with Gasteiger partial charge in [-0.1, -0.05) is 12.1 Å². The van der Waals surface area contributed by atoms with Crippen LogP contribution in [0.2, 0.25) is 0 Å². The van der Waals surface area contributed by atoms with Crippen molar-refractivity contribution in [3.05, 3.63) is 94.5 Å². The highest BCUT2D eigenvalue weighted by Crippen LogP contribution is 2.44. The Balaban J connectivity index is 1.73. The van der Waals surface area contributed by atoms with Gasteiger partial charge in [0.25, 0.3) is 5.91 Å². The number of aliphatic hydroxyl groups is 1. The van der Waals surface area contributed by atoms with Crippen molar-refractivity contribution in [3.8, 4) is 11.5 Å². The fourth-order valence-electron chi connectivity index (χ4n) is 5.32. The second-order valence-electron chi connectivity index (χ2n) is 12.9. The molecule has 1 amide bonds. The summed E-state index contributed by atoms with van der Waals surface area (Å²) >= 11 is 0. The topological polar surface area (TPSA) is 128 Å². The standard InChI is InChI=1S/C36H39F6N3O7/c1-33(2,3)52-29(47)13-14-34(32(48)45-43-21-22-17-25(35(37,38)39)20-26(18-22)36(40,41)42)30(24-7-5-8-28(19-24)49-4)51-31(44-34)23-9-11-27(12-10-23)50-16-6-15-46/h5,7-12,17-20,30,43,46H,6,13-16,21H2,1-4H3,(H,45,48)/t30-,34-/m0/s1. The second kappa shape index (κ2) is 16.2. The first kappa shape index (κ1) is 39.9. The van der Waals surface area contributed by atoms with Crippen LogP contribution in [-0.4, -0.2) is 54.3 Å². The van der Waals surface area contributed by atoms with E-state index in [-0.39, 0.29) is 38.0 Å². The summed E-state index contributed by atoms with van der Waals surface area (Å²) < 4.78 is 104. The van der Waals surface area contributed by atoms with Gasteiger partial charge in [0.15, 0.2) is 11.6 Å². The molecule has 3 N–H and O–H groups in total. The smallest absolute Gasteiger partial charge is 0.416 e. The van der Waals surface area contributed by atoms with Crippen LogP contribution in [0.5, 0.6) is 11.5 Å². The number of methoxy groups -OCH3 is 1. The van der Waals surface area contributed by atoms with Crippen LogP contribution >= 0.6 is 0 Å². The molecule has 0 aliphatic carbocycles. The van der Waals surface area contributed by atoms with Gasteiger partial charge in [0.2, 0.25) is 5.90 Å². The van der Waals surface area contributed by atoms with E-state index < -0.39 is 64.7 Å². The minimum atomic E-state index is -5.06. The van der Waals surface area contributed by atoms with Crippen LogP contribution in [0.4, 0.5) is 26.3 Å². The Morgan fingerprint density at radius 3 is 2.15 bits per heavy atom. The van der Waals surface area contributed by atoms with Gasteiger partial charge in [0.05, 0.1) is 24.8 Å². The normalized spacial score (nSPS) is 17.6. The summed E-state index contributed by atoms with van der Waals surface area (Å²) in [5, 5.41) is 9.04. The molecule has 4 rings (SSSR count). The maximum absolute atomic E-state index is 14.3. The minimum Gasteiger partial charge on any atom is -0.497 e. The first-order chi connectivity index (χ1) is 24.3. The highest BCUT2D eigenvalue weighted by molar-refractivity contribution is 6.01. The number of hydrogen-bond donors (Lipinski definition) is 3. The molecule has 1 heterocycles. The van der Waals surface area contributed by atoms with Gasteiger partial charge < -0.3 is 24.1 Å². The minimum absolute atomic E-state index is 0.00163. The predicted molar refractivity (Wildman–Crippen MR) is 176 cm³/mol. The molecule has 0 fully saturated rings. The number of carbonyl (C=O) groups excluding carboxylic acids is 2. The van der Waals surface area contributed by atoms with Gasteiger partial charge in [-0.3, -0.25) is 15.0 Å². The average molecular weight is 740 g/mol. The number of nitrogens with zero attached hydrogens (tertiary/aromatic N) is 1. The third kappa shape index (κ3) is 10.4. The van der Waals surface area contributed by atoms with Gasteiger partial charge >= 0.3 is 18.3 Å². The van der Waals surface area contributed by atoms with Gasteiger partial charge in [-0.05, 0) is 92.9 Å². The van der Waals surface area contributed by atoms with E-state index in [1.807, 2.05) is 0 Å². The lowest BCUT2D eigenvalue weighted by molar-refractivity contribution is -0.155. The van der Waals surface area contributed by atoms with E-state index in [9.17, 15) is 35.9 Å². The summed E-state index contributed by atoms with van der Waals surface area (Å²) in [5.74, 6) is -0.661. The molecular formula is C36H39F6N3O7. The molecule has 282 valence electrons. The number of carbonyl (C=O) groups is 2. The molecule has 10 nitrogen and oxygen atoms in total. The van der Waals surface area contributed by atoms with Crippen LogP contribution in [0.15, 0.2) is 71.7 Å². The monoisotopic (exact) mass is 739 g/mol. The number of alkyl halides is 6. The van der Waals surface area contributed by atoms with Crippen molar-refractivity contribution in [1.29, 1.82) is 0 Å². The maximum atomic E-state index is 14.3. The number of rotatable bonds is 14. The summed E-state index contributed by atoms with van der Waals surface area (Å²) in [5.41, 5.74) is -0.579. The van der Waals surface area contributed by atoms with E-state index in [4.69, 9.17) is 29.0 Å². The molecule has 16 heteroatoms. The van der Waals surface area contributed by atoms with Crippen LogP contribution in [0.1, 0.15) is 74.0 Å². The highest BCUT2D eigenvalue weighted by atomic mass is 19.4. The second-order valence-corrected chi connectivity index (χ2v) is 12.9. The zero-order valence-corrected chi connectivity index (χ0v) is 28.8. The van der Waals surface area contributed by atoms with Crippen molar-refractivity contribution >= 4 is 17.8 Å². The fourth-order valence-corrected chi connectivity index (χ4v) is 5.32. The molecule has 3 aromatic carbocycles. The number of amides is 1. The predicted octanol–water partition coefficient (Wildman–Crippen LogP) is 6.69. The summed E-state index contributed by atoms with van der Waals surface area (Å²) in [7, 11) is 1.44. The van der Waals surface area contributed by atoms with E-state index in [1.54, 1.807) is 69.3 Å². The number of esters is 1. The number of aliphatic hydroxyl groups excluding tert-OH is 1. The molecule has 0 unspecified atom stereocenters. The lowest BCUT2D eigenvalue weighted by atomic mass is 9.83. The summed E-state index contributed by atoms with van der Waals surface area (Å²) in [6.07, 6.45) is -11.5. The Morgan fingerprint density at radius 1 is 0.923 bits per heavy atom. The summed E-state index contributed by atoms with van der Waals surface area (Å²) in [6.45, 7) is 4.58. The molecule has 0 spiro atoms. The number of hydrogen-bond acceptors (Lipinski definition) is 9. The molecule has 2 atom stereocenters. The van der Waals surface area contributed by atoms with Gasteiger partial charge in [-0.25, -0.2) is 10.4 Å². The van der Waals surface area contributed by atoms with Crippen molar-refractivity contribution in [2.24, 2.45) is 4.99 Å². The lowest BCUT2D eigenvalue weighted by Gasteiger charge is -2.31. The maximum Gasteiger partial charge on any atom is 0.416 e. The Labute approximate surface area is 296 Å². The van der Waals surface area contributed by atoms with E-state index >= 15 is 0 Å². The molecule has 3 aromatic rings. The Morgan fingerprint density at radius 2 is 1.58 bits per heavy atom. The summed E-state index contributed by atoms with van der Waals surface area (Å²) in [6, 6.07) is 14.2. The van der Waals surface area contributed by atoms with Crippen molar-refractivity contribution in [2.75, 3.05) is 20.3 Å². The number of halogens is 6. The summed E-state index contributed by atoms with van der Waals surface area (Å²) in [4.78, 5) is 32.0. The molecule has 0 saturated heterocycles. The number of nitrogens with one attached hydrogen (secondary N) is 2.